The fraction of sp³-hybridized carbons (Fsp3) is 0.643. The molecule has 2 aliphatic rings. The highest BCUT2D eigenvalue weighted by molar-refractivity contribution is 7.21. The van der Waals surface area contributed by atoms with E-state index in [0.29, 0.717) is 11.6 Å². The normalized spacial score (nSPS) is 23.9. The summed E-state index contributed by atoms with van der Waals surface area (Å²) in [5, 5.41) is 4.87. The van der Waals surface area contributed by atoms with Gasteiger partial charge in [0.25, 0.3) is 5.91 Å². The van der Waals surface area contributed by atoms with E-state index in [9.17, 15) is 4.79 Å². The molecule has 1 aromatic heterocycles. The first-order valence-electron chi connectivity index (χ1n) is 7.03. The highest BCUT2D eigenvalue weighted by atomic mass is 32.1. The molecule has 1 aromatic rings. The molecule has 0 bridgehead atoms. The Balaban J connectivity index is 1.72. The minimum absolute atomic E-state index is 0.00603. The third-order valence-corrected chi connectivity index (χ3v) is 5.23. The van der Waals surface area contributed by atoms with Gasteiger partial charge in [-0.05, 0) is 46.6 Å². The Morgan fingerprint density at radius 1 is 1.30 bits per heavy atom. The van der Waals surface area contributed by atoms with Gasteiger partial charge in [-0.15, -0.1) is 0 Å². The van der Waals surface area contributed by atoms with Gasteiger partial charge < -0.3 is 14.6 Å². The molecule has 0 unspecified atom stereocenters. The zero-order chi connectivity index (χ0) is 14.5. The first-order valence-corrected chi connectivity index (χ1v) is 7.91. The van der Waals surface area contributed by atoms with Crippen LogP contribution < -0.4 is 10.1 Å². The van der Waals surface area contributed by atoms with Gasteiger partial charge in [-0.25, -0.2) is 0 Å². The lowest BCUT2D eigenvalue weighted by atomic mass is 9.87. The Morgan fingerprint density at radius 2 is 1.90 bits per heavy atom. The number of carbonyl (C=O) groups is 1. The highest BCUT2D eigenvalue weighted by Gasteiger charge is 2.52. The van der Waals surface area contributed by atoms with E-state index in [4.69, 9.17) is 9.31 Å². The van der Waals surface area contributed by atoms with Crippen LogP contribution in [0.5, 0.6) is 0 Å². The summed E-state index contributed by atoms with van der Waals surface area (Å²) in [4.78, 5) is 12.0. The molecule has 20 heavy (non-hydrogen) atoms. The molecule has 3 rings (SSSR count). The van der Waals surface area contributed by atoms with Crippen LogP contribution >= 0.6 is 11.3 Å². The average Bonchev–Trinajstić information content (AvgIpc) is 2.94. The van der Waals surface area contributed by atoms with Crippen LogP contribution in [0.3, 0.4) is 0 Å². The van der Waals surface area contributed by atoms with Crippen LogP contribution in [0, 0.1) is 0 Å². The van der Waals surface area contributed by atoms with Crippen molar-refractivity contribution in [2.45, 2.75) is 57.8 Å². The largest absolute Gasteiger partial charge is 0.505 e. The molecule has 1 aliphatic heterocycles. The van der Waals surface area contributed by atoms with Gasteiger partial charge in [0.15, 0.2) is 0 Å². The summed E-state index contributed by atoms with van der Waals surface area (Å²) >= 11 is 1.51. The van der Waals surface area contributed by atoms with E-state index in [0.717, 1.165) is 17.6 Å². The second-order valence-corrected chi connectivity index (χ2v) is 7.52. The van der Waals surface area contributed by atoms with Gasteiger partial charge in [0.2, 0.25) is 0 Å². The van der Waals surface area contributed by atoms with E-state index in [1.807, 2.05) is 39.1 Å². The molecule has 1 amide bonds. The monoisotopic (exact) mass is 293 g/mol. The molecular weight excluding hydrogens is 273 g/mol. The molecule has 1 saturated heterocycles. The van der Waals surface area contributed by atoms with Crippen molar-refractivity contribution < 1.29 is 14.1 Å². The SMILES string of the molecule is CC1(C)OB(c2cc(C(=O)NC3CC3)cs2)OC1(C)C. The quantitative estimate of drug-likeness (QED) is 0.866. The second kappa shape index (κ2) is 4.58. The van der Waals surface area contributed by atoms with Gasteiger partial charge >= 0.3 is 7.12 Å². The average molecular weight is 293 g/mol. The fourth-order valence-electron chi connectivity index (χ4n) is 2.05. The van der Waals surface area contributed by atoms with Crippen molar-refractivity contribution in [3.8, 4) is 0 Å². The number of amides is 1. The number of rotatable bonds is 3. The van der Waals surface area contributed by atoms with E-state index >= 15 is 0 Å². The fourth-order valence-corrected chi connectivity index (χ4v) is 2.89. The Hall–Kier alpha value is -0.845. The van der Waals surface area contributed by atoms with Gasteiger partial charge in [-0.2, -0.15) is 11.3 Å². The molecule has 0 spiro atoms. The summed E-state index contributed by atoms with van der Waals surface area (Å²) in [6, 6.07) is 2.26. The molecule has 1 N–H and O–H groups in total. The molecule has 2 heterocycles. The molecule has 0 aromatic carbocycles. The number of nitrogens with one attached hydrogen (secondary N) is 1. The van der Waals surface area contributed by atoms with Crippen LogP contribution in [0.4, 0.5) is 0 Å². The van der Waals surface area contributed by atoms with Crippen molar-refractivity contribution in [1.29, 1.82) is 0 Å². The van der Waals surface area contributed by atoms with Crippen LogP contribution in [0.2, 0.25) is 0 Å². The smallest absolute Gasteiger partial charge is 0.399 e. The lowest BCUT2D eigenvalue weighted by Gasteiger charge is -2.32. The molecule has 0 radical (unpaired) electrons. The van der Waals surface area contributed by atoms with Gasteiger partial charge in [0.1, 0.15) is 0 Å². The molecular formula is C14H20BNO3S. The summed E-state index contributed by atoms with van der Waals surface area (Å²) in [7, 11) is -0.382. The number of hydrogen-bond acceptors (Lipinski definition) is 4. The van der Waals surface area contributed by atoms with Crippen LogP contribution in [0.15, 0.2) is 11.4 Å². The Labute approximate surface area is 124 Å². The summed E-state index contributed by atoms with van der Waals surface area (Å²) in [6.45, 7) is 8.12. The molecule has 2 fully saturated rings. The van der Waals surface area contributed by atoms with E-state index < -0.39 is 0 Å². The Morgan fingerprint density at radius 3 is 2.45 bits per heavy atom. The minimum Gasteiger partial charge on any atom is -0.399 e. The molecule has 1 aliphatic carbocycles. The lowest BCUT2D eigenvalue weighted by Crippen LogP contribution is -2.41. The standard InChI is InChI=1S/C14H20BNO3S/c1-13(2)14(3,4)19-15(18-13)11-7-9(8-20-11)12(17)16-10-5-6-10/h7-8,10H,5-6H2,1-4H3,(H,16,17). The predicted molar refractivity (Wildman–Crippen MR) is 80.5 cm³/mol. The zero-order valence-corrected chi connectivity index (χ0v) is 13.2. The molecule has 6 heteroatoms. The second-order valence-electron chi connectivity index (χ2n) is 6.57. The number of hydrogen-bond donors (Lipinski definition) is 1. The predicted octanol–water partition coefficient (Wildman–Crippen LogP) is 1.94. The zero-order valence-electron chi connectivity index (χ0n) is 12.4. The van der Waals surface area contributed by atoms with Crippen LogP contribution in [-0.4, -0.2) is 30.3 Å². The number of carbonyl (C=O) groups excluding carboxylic acids is 1. The molecule has 4 nitrogen and oxygen atoms in total. The van der Waals surface area contributed by atoms with E-state index in [-0.39, 0.29) is 24.2 Å². The van der Waals surface area contributed by atoms with Gasteiger partial charge in [0.05, 0.1) is 11.2 Å². The Kier molecular flexibility index (Phi) is 3.23. The summed E-state index contributed by atoms with van der Waals surface area (Å²) in [6.07, 6.45) is 2.19. The van der Waals surface area contributed by atoms with E-state index in [2.05, 4.69) is 5.32 Å². The van der Waals surface area contributed by atoms with Crippen molar-refractivity contribution in [2.75, 3.05) is 0 Å². The maximum absolute atomic E-state index is 12.0. The van der Waals surface area contributed by atoms with Crippen LogP contribution in [0.25, 0.3) is 0 Å². The maximum Gasteiger partial charge on any atom is 0.505 e. The molecule has 108 valence electrons. The summed E-state index contributed by atoms with van der Waals surface area (Å²) in [5.74, 6) is 0.00603. The summed E-state index contributed by atoms with van der Waals surface area (Å²) < 4.78 is 12.9. The topological polar surface area (TPSA) is 47.6 Å². The minimum atomic E-state index is -0.382. The van der Waals surface area contributed by atoms with Crippen molar-refractivity contribution in [2.24, 2.45) is 0 Å². The third kappa shape index (κ3) is 2.52. The molecule has 1 saturated carbocycles. The maximum atomic E-state index is 12.0. The molecule has 0 atom stereocenters. The van der Waals surface area contributed by atoms with Gasteiger partial charge in [-0.3, -0.25) is 4.79 Å². The van der Waals surface area contributed by atoms with Crippen molar-refractivity contribution >= 4 is 29.1 Å². The van der Waals surface area contributed by atoms with Crippen molar-refractivity contribution in [3.63, 3.8) is 0 Å². The highest BCUT2D eigenvalue weighted by Crippen LogP contribution is 2.36. The van der Waals surface area contributed by atoms with Crippen molar-refractivity contribution in [1.82, 2.24) is 5.32 Å². The Bertz CT molecular complexity index is 520. The van der Waals surface area contributed by atoms with Gasteiger partial charge in [-0.1, -0.05) is 0 Å². The van der Waals surface area contributed by atoms with E-state index in [1.54, 1.807) is 0 Å². The van der Waals surface area contributed by atoms with Crippen LogP contribution in [0.1, 0.15) is 50.9 Å². The van der Waals surface area contributed by atoms with E-state index in [1.165, 1.54) is 11.3 Å². The van der Waals surface area contributed by atoms with Crippen LogP contribution in [-0.2, 0) is 9.31 Å². The first-order chi connectivity index (χ1) is 9.28. The summed E-state index contributed by atoms with van der Waals surface area (Å²) in [5.41, 5.74) is 0.00234. The van der Waals surface area contributed by atoms with Gasteiger partial charge in [0, 0.05) is 21.8 Å². The third-order valence-electron chi connectivity index (χ3n) is 4.28. The first kappa shape index (κ1) is 14.1. The van der Waals surface area contributed by atoms with Crippen molar-refractivity contribution in [3.05, 3.63) is 17.0 Å². The lowest BCUT2D eigenvalue weighted by molar-refractivity contribution is 0.00578. The number of thiophene rings is 1.